The van der Waals surface area contributed by atoms with Gasteiger partial charge < -0.3 is 24.5 Å². The lowest BCUT2D eigenvalue weighted by atomic mass is 10.2. The largest absolute Gasteiger partial charge is 0.504 e. The van der Waals surface area contributed by atoms with E-state index < -0.39 is 11.2 Å². The van der Waals surface area contributed by atoms with E-state index >= 15 is 0 Å². The topological polar surface area (TPSA) is 122 Å². The number of methoxy groups -OCH3 is 2. The molecule has 3 N–H and O–H groups in total. The van der Waals surface area contributed by atoms with Crippen LogP contribution in [0.1, 0.15) is 5.56 Å². The molecular formula is C19H16N4O5. The molecular weight excluding hydrogens is 364 g/mol. The summed E-state index contributed by atoms with van der Waals surface area (Å²) < 4.78 is 10.9. The first-order valence-corrected chi connectivity index (χ1v) is 8.28. The van der Waals surface area contributed by atoms with E-state index in [0.29, 0.717) is 27.7 Å². The van der Waals surface area contributed by atoms with Gasteiger partial charge in [-0.25, -0.2) is 4.79 Å². The molecule has 4 rings (SSSR count). The van der Waals surface area contributed by atoms with Gasteiger partial charge in [-0.05, 0) is 35.9 Å². The lowest BCUT2D eigenvalue weighted by molar-refractivity contribution is 0.373. The zero-order chi connectivity index (χ0) is 19.8. The third kappa shape index (κ3) is 2.78. The molecule has 2 aromatic carbocycles. The molecule has 0 saturated heterocycles. The van der Waals surface area contributed by atoms with E-state index in [1.54, 1.807) is 31.4 Å². The fourth-order valence-corrected chi connectivity index (χ4v) is 2.96. The number of hydrogen-bond acceptors (Lipinski definition) is 6. The summed E-state index contributed by atoms with van der Waals surface area (Å²) in [6.45, 7) is 0. The predicted octanol–water partition coefficient (Wildman–Crippen LogP) is 1.78. The molecule has 28 heavy (non-hydrogen) atoms. The van der Waals surface area contributed by atoms with E-state index in [2.05, 4.69) is 15.1 Å². The first-order chi connectivity index (χ1) is 13.5. The van der Waals surface area contributed by atoms with Crippen molar-refractivity contribution in [1.29, 1.82) is 0 Å². The maximum Gasteiger partial charge on any atom is 0.350 e. The number of aromatic nitrogens is 3. The van der Waals surface area contributed by atoms with Crippen molar-refractivity contribution in [1.82, 2.24) is 14.6 Å². The van der Waals surface area contributed by atoms with Crippen LogP contribution >= 0.6 is 0 Å². The van der Waals surface area contributed by atoms with Crippen molar-refractivity contribution < 1.29 is 14.6 Å². The average Bonchev–Trinajstić information content (AvgIpc) is 3.06. The van der Waals surface area contributed by atoms with Gasteiger partial charge in [-0.2, -0.15) is 5.10 Å². The maximum atomic E-state index is 12.8. The first kappa shape index (κ1) is 17.4. The molecule has 2 aromatic heterocycles. The van der Waals surface area contributed by atoms with Crippen molar-refractivity contribution in [3.8, 4) is 17.2 Å². The van der Waals surface area contributed by atoms with Gasteiger partial charge in [0.25, 0.3) is 0 Å². The summed E-state index contributed by atoms with van der Waals surface area (Å²) in [6, 6.07) is 9.79. The Kier molecular flexibility index (Phi) is 4.11. The molecule has 142 valence electrons. The molecule has 2 heterocycles. The number of fused-ring (bicyclic) bond motifs is 3. The van der Waals surface area contributed by atoms with Crippen molar-refractivity contribution in [3.05, 3.63) is 62.8 Å². The number of phenols is 1. The van der Waals surface area contributed by atoms with Crippen LogP contribution in [0.2, 0.25) is 0 Å². The predicted molar refractivity (Wildman–Crippen MR) is 105 cm³/mol. The number of benzene rings is 2. The summed E-state index contributed by atoms with van der Waals surface area (Å²) in [5, 5.41) is 14.3. The van der Waals surface area contributed by atoms with Gasteiger partial charge in [0.1, 0.15) is 11.3 Å². The molecule has 0 aliphatic carbocycles. The molecule has 0 atom stereocenters. The Morgan fingerprint density at radius 2 is 1.86 bits per heavy atom. The second kappa shape index (κ2) is 6.62. The number of aromatic amines is 2. The van der Waals surface area contributed by atoms with Crippen molar-refractivity contribution in [2.75, 3.05) is 14.2 Å². The number of aromatic hydroxyl groups is 1. The van der Waals surface area contributed by atoms with E-state index in [0.717, 1.165) is 4.68 Å². The van der Waals surface area contributed by atoms with Gasteiger partial charge in [-0.15, -0.1) is 4.68 Å². The van der Waals surface area contributed by atoms with E-state index in [1.165, 1.54) is 25.5 Å². The minimum atomic E-state index is -0.670. The van der Waals surface area contributed by atoms with E-state index in [-0.39, 0.29) is 17.0 Å². The molecule has 9 heteroatoms. The quantitative estimate of drug-likeness (QED) is 0.466. The number of H-pyrrole nitrogens is 2. The van der Waals surface area contributed by atoms with Crippen LogP contribution < -0.4 is 20.7 Å². The van der Waals surface area contributed by atoms with Gasteiger partial charge in [-0.3, -0.25) is 4.79 Å². The van der Waals surface area contributed by atoms with Gasteiger partial charge in [0, 0.05) is 11.5 Å². The SMILES string of the molecule is COc1ccc2c(c1)[nH]c1c(=O)n(N=Cc3ccc(O)c(OC)c3)c(=O)[nH]c12. The Labute approximate surface area is 157 Å². The molecule has 0 spiro atoms. The van der Waals surface area contributed by atoms with Crippen molar-refractivity contribution in [2.24, 2.45) is 5.10 Å². The Hall–Kier alpha value is -4.01. The van der Waals surface area contributed by atoms with Crippen LogP contribution in [0, 0.1) is 0 Å². The molecule has 0 aliphatic heterocycles. The molecule has 0 fully saturated rings. The lowest BCUT2D eigenvalue weighted by Gasteiger charge is -2.03. The Bertz CT molecular complexity index is 1350. The standard InChI is InChI=1S/C19H16N4O5/c1-27-11-4-5-12-13(8-11)21-17-16(12)22-19(26)23(18(17)25)20-9-10-3-6-14(24)15(7-10)28-2/h3-9,21,24H,1-2H3,(H,22,26). The summed E-state index contributed by atoms with van der Waals surface area (Å²) in [7, 11) is 2.97. The van der Waals surface area contributed by atoms with Crippen molar-refractivity contribution in [2.45, 2.75) is 0 Å². The fraction of sp³-hybridized carbons (Fsp3) is 0.105. The van der Waals surface area contributed by atoms with Crippen LogP contribution in [-0.2, 0) is 0 Å². The van der Waals surface area contributed by atoms with Gasteiger partial charge in [0.05, 0.1) is 31.5 Å². The smallest absolute Gasteiger partial charge is 0.350 e. The van der Waals surface area contributed by atoms with Crippen LogP contribution in [0.3, 0.4) is 0 Å². The number of hydrogen-bond donors (Lipinski definition) is 3. The third-order valence-corrected chi connectivity index (χ3v) is 4.36. The summed E-state index contributed by atoms with van der Waals surface area (Å²) in [6.07, 6.45) is 1.33. The average molecular weight is 380 g/mol. The van der Waals surface area contributed by atoms with Crippen molar-refractivity contribution in [3.63, 3.8) is 0 Å². The molecule has 0 aliphatic rings. The Morgan fingerprint density at radius 3 is 2.61 bits per heavy atom. The zero-order valence-electron chi connectivity index (χ0n) is 15.0. The number of phenolic OH excluding ortho intramolecular Hbond substituents is 1. The Morgan fingerprint density at radius 1 is 1.04 bits per heavy atom. The highest BCUT2D eigenvalue weighted by molar-refractivity contribution is 6.04. The van der Waals surface area contributed by atoms with Crippen LogP contribution in [0.5, 0.6) is 17.2 Å². The van der Waals surface area contributed by atoms with Gasteiger partial charge in [-0.1, -0.05) is 0 Å². The van der Waals surface area contributed by atoms with Gasteiger partial charge in [0.2, 0.25) is 0 Å². The Balaban J connectivity index is 1.84. The summed E-state index contributed by atoms with van der Waals surface area (Å²) in [4.78, 5) is 30.9. The molecule has 9 nitrogen and oxygen atoms in total. The van der Waals surface area contributed by atoms with Crippen molar-refractivity contribution >= 4 is 28.2 Å². The minimum Gasteiger partial charge on any atom is -0.504 e. The number of rotatable bonds is 4. The molecule has 0 unspecified atom stereocenters. The minimum absolute atomic E-state index is 0.0235. The second-order valence-electron chi connectivity index (χ2n) is 6.01. The highest BCUT2D eigenvalue weighted by Gasteiger charge is 2.13. The summed E-state index contributed by atoms with van der Waals surface area (Å²) in [5.41, 5.74) is 0.579. The lowest BCUT2D eigenvalue weighted by Crippen LogP contribution is -2.32. The summed E-state index contributed by atoms with van der Waals surface area (Å²) in [5.74, 6) is 0.857. The van der Waals surface area contributed by atoms with Crippen LogP contribution in [0.4, 0.5) is 0 Å². The molecule has 0 bridgehead atoms. The monoisotopic (exact) mass is 380 g/mol. The number of ether oxygens (including phenoxy) is 2. The molecule has 0 saturated carbocycles. The molecule has 0 radical (unpaired) electrons. The zero-order valence-corrected chi connectivity index (χ0v) is 15.0. The number of nitrogens with zero attached hydrogens (tertiary/aromatic N) is 2. The van der Waals surface area contributed by atoms with Gasteiger partial charge >= 0.3 is 11.2 Å². The highest BCUT2D eigenvalue weighted by atomic mass is 16.5. The number of nitrogens with one attached hydrogen (secondary N) is 2. The van der Waals surface area contributed by atoms with E-state index in [9.17, 15) is 14.7 Å². The second-order valence-corrected chi connectivity index (χ2v) is 6.01. The highest BCUT2D eigenvalue weighted by Crippen LogP contribution is 2.26. The third-order valence-electron chi connectivity index (χ3n) is 4.36. The normalized spacial score (nSPS) is 11.5. The maximum absolute atomic E-state index is 12.8. The van der Waals surface area contributed by atoms with E-state index in [4.69, 9.17) is 9.47 Å². The summed E-state index contributed by atoms with van der Waals surface area (Å²) >= 11 is 0. The fourth-order valence-electron chi connectivity index (χ4n) is 2.96. The van der Waals surface area contributed by atoms with Gasteiger partial charge in [0.15, 0.2) is 11.5 Å². The molecule has 4 aromatic rings. The van der Waals surface area contributed by atoms with Crippen LogP contribution in [0.25, 0.3) is 21.9 Å². The first-order valence-electron chi connectivity index (χ1n) is 8.28. The molecule has 0 amide bonds. The van der Waals surface area contributed by atoms with Crippen LogP contribution in [0.15, 0.2) is 51.1 Å². The van der Waals surface area contributed by atoms with E-state index in [1.807, 2.05) is 0 Å². The van der Waals surface area contributed by atoms with Crippen LogP contribution in [-0.4, -0.2) is 40.2 Å².